The van der Waals surface area contributed by atoms with Crippen LogP contribution in [0.3, 0.4) is 0 Å². The number of hydrogen-bond acceptors (Lipinski definition) is 5. The zero-order valence-corrected chi connectivity index (χ0v) is 8.82. The summed E-state index contributed by atoms with van der Waals surface area (Å²) in [7, 11) is 0. The Hall–Kier alpha value is -2.30. The van der Waals surface area contributed by atoms with Crippen molar-refractivity contribution in [2.75, 3.05) is 11.5 Å². The highest BCUT2D eigenvalue weighted by molar-refractivity contribution is 6.02. The number of esters is 2. The molecule has 0 heterocycles. The molecule has 0 aliphatic heterocycles. The molecule has 1 aromatic carbocycles. The fourth-order valence-electron chi connectivity index (χ4n) is 1.02. The molecule has 84 valence electrons. The molecule has 0 fully saturated rings. The van der Waals surface area contributed by atoms with Crippen LogP contribution in [0.4, 0.5) is 11.4 Å². The number of anilines is 2. The fraction of sp³-hybridized carbons (Fsp3) is 0.0909. The second kappa shape index (κ2) is 4.48. The minimum absolute atomic E-state index is 0.132. The Morgan fingerprint density at radius 2 is 1.69 bits per heavy atom. The molecule has 0 saturated heterocycles. The molecule has 0 aromatic heterocycles. The predicted octanol–water partition coefficient (Wildman–Crippen LogP) is 1.11. The Labute approximate surface area is 92.7 Å². The molecule has 0 saturated carbocycles. The summed E-state index contributed by atoms with van der Waals surface area (Å²) >= 11 is 0. The molecule has 1 aromatic rings. The van der Waals surface area contributed by atoms with Gasteiger partial charge in [-0.2, -0.15) is 0 Å². The summed E-state index contributed by atoms with van der Waals surface area (Å²) in [5.41, 5.74) is 11.9. The van der Waals surface area contributed by atoms with E-state index in [0.29, 0.717) is 11.4 Å². The molecular formula is C11H12N2O3. The van der Waals surface area contributed by atoms with Crippen LogP contribution in [0.2, 0.25) is 0 Å². The molecule has 5 heteroatoms. The third-order valence-electron chi connectivity index (χ3n) is 1.75. The molecule has 0 atom stereocenters. The van der Waals surface area contributed by atoms with Crippen molar-refractivity contribution in [1.29, 1.82) is 0 Å². The summed E-state index contributed by atoms with van der Waals surface area (Å²) < 4.78 is 4.52. The molecule has 1 rings (SSSR count). The quantitative estimate of drug-likeness (QED) is 0.337. The Morgan fingerprint density at radius 1 is 1.19 bits per heavy atom. The van der Waals surface area contributed by atoms with Gasteiger partial charge in [0, 0.05) is 16.9 Å². The maximum Gasteiger partial charge on any atom is 0.346 e. The zero-order valence-electron chi connectivity index (χ0n) is 8.82. The normalized spacial score (nSPS) is 9.56. The van der Waals surface area contributed by atoms with E-state index < -0.39 is 11.9 Å². The van der Waals surface area contributed by atoms with E-state index in [1.165, 1.54) is 25.1 Å². The SMILES string of the molecule is C=C(C)C(=O)OC(=O)c1cc(N)cc(N)c1. The van der Waals surface area contributed by atoms with Crippen molar-refractivity contribution in [3.05, 3.63) is 35.9 Å². The van der Waals surface area contributed by atoms with Crippen LogP contribution < -0.4 is 11.5 Å². The highest BCUT2D eigenvalue weighted by Crippen LogP contribution is 2.14. The smallest absolute Gasteiger partial charge is 0.346 e. The fourth-order valence-corrected chi connectivity index (χ4v) is 1.02. The van der Waals surface area contributed by atoms with Crippen LogP contribution in [-0.2, 0) is 9.53 Å². The highest BCUT2D eigenvalue weighted by atomic mass is 16.6. The van der Waals surface area contributed by atoms with Gasteiger partial charge in [-0.25, -0.2) is 9.59 Å². The first-order valence-corrected chi connectivity index (χ1v) is 4.48. The maximum absolute atomic E-state index is 11.5. The molecule has 0 bridgehead atoms. The molecule has 0 radical (unpaired) electrons. The van der Waals surface area contributed by atoms with Crippen LogP contribution in [-0.4, -0.2) is 11.9 Å². The molecule has 5 nitrogen and oxygen atoms in total. The Morgan fingerprint density at radius 3 is 2.12 bits per heavy atom. The minimum Gasteiger partial charge on any atom is -0.399 e. The standard InChI is InChI=1S/C11H12N2O3/c1-6(2)10(14)16-11(15)7-3-8(12)5-9(13)4-7/h3-5H,1,12-13H2,2H3. The topological polar surface area (TPSA) is 95.4 Å². The first-order chi connectivity index (χ1) is 7.40. The molecule has 0 spiro atoms. The molecular weight excluding hydrogens is 208 g/mol. The second-order valence-electron chi connectivity index (χ2n) is 3.35. The summed E-state index contributed by atoms with van der Waals surface area (Å²) in [5, 5.41) is 0. The largest absolute Gasteiger partial charge is 0.399 e. The van der Waals surface area contributed by atoms with E-state index in [4.69, 9.17) is 11.5 Å². The van der Waals surface area contributed by atoms with Gasteiger partial charge in [-0.05, 0) is 25.1 Å². The van der Waals surface area contributed by atoms with Crippen molar-refractivity contribution in [2.45, 2.75) is 6.92 Å². The summed E-state index contributed by atoms with van der Waals surface area (Å²) in [5.74, 6) is -1.57. The van der Waals surface area contributed by atoms with Crippen molar-refractivity contribution in [2.24, 2.45) is 0 Å². The molecule has 0 unspecified atom stereocenters. The minimum atomic E-state index is -0.799. The molecule has 0 aliphatic carbocycles. The van der Waals surface area contributed by atoms with E-state index in [0.717, 1.165) is 0 Å². The summed E-state index contributed by atoms with van der Waals surface area (Å²) in [6.07, 6.45) is 0. The summed E-state index contributed by atoms with van der Waals surface area (Å²) in [4.78, 5) is 22.6. The number of nitrogen functional groups attached to an aromatic ring is 2. The van der Waals surface area contributed by atoms with Crippen LogP contribution in [0.5, 0.6) is 0 Å². The number of benzene rings is 1. The molecule has 0 aliphatic rings. The van der Waals surface area contributed by atoms with Crippen molar-refractivity contribution < 1.29 is 14.3 Å². The summed E-state index contributed by atoms with van der Waals surface area (Å²) in [6.45, 7) is 4.81. The van der Waals surface area contributed by atoms with Gasteiger partial charge in [0.25, 0.3) is 0 Å². The Bertz CT molecular complexity index is 446. The van der Waals surface area contributed by atoms with Gasteiger partial charge in [0.1, 0.15) is 0 Å². The van der Waals surface area contributed by atoms with Crippen molar-refractivity contribution >= 4 is 23.3 Å². The average molecular weight is 220 g/mol. The Kier molecular flexibility index (Phi) is 3.30. The van der Waals surface area contributed by atoms with Crippen LogP contribution in [0.25, 0.3) is 0 Å². The number of carbonyl (C=O) groups excluding carboxylic acids is 2. The average Bonchev–Trinajstić information content (AvgIpc) is 2.15. The van der Waals surface area contributed by atoms with Gasteiger partial charge in [0.15, 0.2) is 0 Å². The second-order valence-corrected chi connectivity index (χ2v) is 3.35. The predicted molar refractivity (Wildman–Crippen MR) is 60.5 cm³/mol. The molecule has 0 amide bonds. The van der Waals surface area contributed by atoms with Crippen molar-refractivity contribution in [3.8, 4) is 0 Å². The number of rotatable bonds is 2. The third kappa shape index (κ3) is 2.84. The van der Waals surface area contributed by atoms with Crippen LogP contribution in [0.15, 0.2) is 30.4 Å². The first kappa shape index (κ1) is 11.8. The Balaban J connectivity index is 2.89. The van der Waals surface area contributed by atoms with E-state index in [9.17, 15) is 9.59 Å². The number of hydrogen-bond donors (Lipinski definition) is 2. The lowest BCUT2D eigenvalue weighted by Gasteiger charge is -2.04. The van der Waals surface area contributed by atoms with Gasteiger partial charge < -0.3 is 16.2 Å². The van der Waals surface area contributed by atoms with Crippen LogP contribution in [0, 0.1) is 0 Å². The van der Waals surface area contributed by atoms with E-state index >= 15 is 0 Å². The highest BCUT2D eigenvalue weighted by Gasteiger charge is 2.14. The molecule has 16 heavy (non-hydrogen) atoms. The van der Waals surface area contributed by atoms with Gasteiger partial charge >= 0.3 is 11.9 Å². The van der Waals surface area contributed by atoms with Gasteiger partial charge in [-0.3, -0.25) is 0 Å². The van der Waals surface area contributed by atoms with Crippen molar-refractivity contribution in [1.82, 2.24) is 0 Å². The first-order valence-electron chi connectivity index (χ1n) is 4.48. The molecule has 4 N–H and O–H groups in total. The number of ether oxygens (including phenoxy) is 1. The zero-order chi connectivity index (χ0) is 12.3. The van der Waals surface area contributed by atoms with Gasteiger partial charge in [-0.1, -0.05) is 6.58 Å². The lowest BCUT2D eigenvalue weighted by Crippen LogP contribution is -2.13. The van der Waals surface area contributed by atoms with Gasteiger partial charge in [-0.15, -0.1) is 0 Å². The lowest BCUT2D eigenvalue weighted by atomic mass is 10.2. The maximum atomic E-state index is 11.5. The van der Waals surface area contributed by atoms with E-state index in [1.807, 2.05) is 0 Å². The van der Waals surface area contributed by atoms with E-state index in [-0.39, 0.29) is 11.1 Å². The van der Waals surface area contributed by atoms with E-state index in [2.05, 4.69) is 11.3 Å². The van der Waals surface area contributed by atoms with Crippen molar-refractivity contribution in [3.63, 3.8) is 0 Å². The van der Waals surface area contributed by atoms with Crippen LogP contribution >= 0.6 is 0 Å². The van der Waals surface area contributed by atoms with Gasteiger partial charge in [0.2, 0.25) is 0 Å². The van der Waals surface area contributed by atoms with Crippen LogP contribution in [0.1, 0.15) is 17.3 Å². The third-order valence-corrected chi connectivity index (χ3v) is 1.75. The number of carbonyl (C=O) groups is 2. The number of nitrogens with two attached hydrogens (primary N) is 2. The monoisotopic (exact) mass is 220 g/mol. The summed E-state index contributed by atoms with van der Waals surface area (Å²) in [6, 6.07) is 4.26. The lowest BCUT2D eigenvalue weighted by molar-refractivity contribution is -0.133. The van der Waals surface area contributed by atoms with Gasteiger partial charge in [0.05, 0.1) is 5.56 Å². The van der Waals surface area contributed by atoms with E-state index in [1.54, 1.807) is 0 Å².